The van der Waals surface area contributed by atoms with Crippen LogP contribution in [0.2, 0.25) is 0 Å². The second-order valence-corrected chi connectivity index (χ2v) is 8.07. The number of hydrogen-bond donors (Lipinski definition) is 1. The van der Waals surface area contributed by atoms with Gasteiger partial charge in [0, 0.05) is 24.5 Å². The molecule has 0 aliphatic carbocycles. The first-order valence-electron chi connectivity index (χ1n) is 10.6. The molecule has 4 aromatic rings. The lowest BCUT2D eigenvalue weighted by atomic mass is 9.97. The molecule has 0 radical (unpaired) electrons. The highest BCUT2D eigenvalue weighted by atomic mass is 19.4. The zero-order chi connectivity index (χ0) is 26.1. The number of rotatable bonds is 5. The Labute approximate surface area is 200 Å². The zero-order valence-corrected chi connectivity index (χ0v) is 18.3. The van der Waals surface area contributed by atoms with Crippen molar-refractivity contribution in [1.82, 2.24) is 10.3 Å². The molecule has 1 N–H and O–H groups in total. The standard InChI is InChI=1S/C26H17F7N2O/c27-20-7-5-15(6-8-20)11-22-21-4-2-1-3-17(21)14-34-23(22)24(36)35-13-16-9-18(25(28,29)30)12-19(10-16)26(31,32)33/h1-10,12,14H,11,13H2,(H,35,36). The second kappa shape index (κ2) is 9.60. The Bertz CT molecular complexity index is 1380. The van der Waals surface area contributed by atoms with Crippen LogP contribution < -0.4 is 5.32 Å². The topological polar surface area (TPSA) is 42.0 Å². The van der Waals surface area contributed by atoms with E-state index in [2.05, 4.69) is 10.3 Å². The van der Waals surface area contributed by atoms with Crippen molar-refractivity contribution < 1.29 is 35.5 Å². The van der Waals surface area contributed by atoms with Crippen molar-refractivity contribution in [1.29, 1.82) is 0 Å². The van der Waals surface area contributed by atoms with E-state index in [1.54, 1.807) is 36.4 Å². The van der Waals surface area contributed by atoms with E-state index in [1.807, 2.05) is 0 Å². The second-order valence-electron chi connectivity index (χ2n) is 8.07. The quantitative estimate of drug-likeness (QED) is 0.298. The number of halogens is 7. The molecule has 0 aliphatic heterocycles. The molecule has 3 nitrogen and oxygen atoms in total. The third kappa shape index (κ3) is 5.64. The zero-order valence-electron chi connectivity index (χ0n) is 18.3. The summed E-state index contributed by atoms with van der Waals surface area (Å²) in [4.78, 5) is 17.2. The maximum Gasteiger partial charge on any atom is 0.416 e. The van der Waals surface area contributed by atoms with Crippen molar-refractivity contribution in [2.24, 2.45) is 0 Å². The van der Waals surface area contributed by atoms with Gasteiger partial charge in [-0.05, 0) is 52.4 Å². The van der Waals surface area contributed by atoms with Crippen LogP contribution in [0, 0.1) is 5.82 Å². The van der Waals surface area contributed by atoms with Gasteiger partial charge in [0.25, 0.3) is 5.91 Å². The molecule has 0 saturated carbocycles. The van der Waals surface area contributed by atoms with Gasteiger partial charge in [0.15, 0.2) is 0 Å². The smallest absolute Gasteiger partial charge is 0.347 e. The van der Waals surface area contributed by atoms with Gasteiger partial charge in [0.1, 0.15) is 11.5 Å². The van der Waals surface area contributed by atoms with Crippen molar-refractivity contribution in [3.8, 4) is 0 Å². The van der Waals surface area contributed by atoms with E-state index < -0.39 is 41.7 Å². The molecule has 1 aromatic heterocycles. The minimum atomic E-state index is -5.00. The number of hydrogen-bond acceptors (Lipinski definition) is 2. The van der Waals surface area contributed by atoms with Gasteiger partial charge in [-0.2, -0.15) is 26.3 Å². The van der Waals surface area contributed by atoms with Crippen molar-refractivity contribution in [3.05, 3.63) is 112 Å². The van der Waals surface area contributed by atoms with Gasteiger partial charge in [0.2, 0.25) is 0 Å². The van der Waals surface area contributed by atoms with Crippen molar-refractivity contribution in [3.63, 3.8) is 0 Å². The van der Waals surface area contributed by atoms with Gasteiger partial charge in [-0.1, -0.05) is 36.4 Å². The summed E-state index contributed by atoms with van der Waals surface area (Å²) in [5.74, 6) is -1.21. The minimum absolute atomic E-state index is 0.0248. The first-order chi connectivity index (χ1) is 16.9. The van der Waals surface area contributed by atoms with Crippen LogP contribution in [-0.4, -0.2) is 10.9 Å². The van der Waals surface area contributed by atoms with Crippen LogP contribution in [0.5, 0.6) is 0 Å². The molecule has 0 atom stereocenters. The van der Waals surface area contributed by atoms with E-state index in [4.69, 9.17) is 0 Å². The molecule has 3 aromatic carbocycles. The molecule has 0 unspecified atom stereocenters. The Morgan fingerprint density at radius 3 is 2.03 bits per heavy atom. The lowest BCUT2D eigenvalue weighted by molar-refractivity contribution is -0.143. The molecule has 0 spiro atoms. The van der Waals surface area contributed by atoms with Gasteiger partial charge in [0.05, 0.1) is 11.1 Å². The van der Waals surface area contributed by atoms with Crippen molar-refractivity contribution >= 4 is 16.7 Å². The molecule has 0 saturated heterocycles. The average Bonchev–Trinajstić information content (AvgIpc) is 2.83. The summed E-state index contributed by atoms with van der Waals surface area (Å²) in [5, 5.41) is 3.78. The average molecular weight is 506 g/mol. The van der Waals surface area contributed by atoms with Crippen molar-refractivity contribution in [2.45, 2.75) is 25.3 Å². The molecule has 36 heavy (non-hydrogen) atoms. The summed E-state index contributed by atoms with van der Waals surface area (Å²) >= 11 is 0. The SMILES string of the molecule is O=C(NCc1cc(C(F)(F)F)cc(C(F)(F)F)c1)c1ncc2ccccc2c1Cc1ccc(F)cc1. The Balaban J connectivity index is 1.67. The molecular weight excluding hydrogens is 489 g/mol. The van der Waals surface area contributed by atoms with Crippen LogP contribution in [-0.2, 0) is 25.3 Å². The monoisotopic (exact) mass is 506 g/mol. The molecule has 0 fully saturated rings. The van der Waals surface area contributed by atoms with E-state index in [0.29, 0.717) is 28.6 Å². The van der Waals surface area contributed by atoms with E-state index in [9.17, 15) is 35.5 Å². The first kappa shape index (κ1) is 25.2. The lowest BCUT2D eigenvalue weighted by Gasteiger charge is -2.15. The maximum absolute atomic E-state index is 13.3. The molecule has 4 rings (SSSR count). The van der Waals surface area contributed by atoms with Crippen LogP contribution in [0.1, 0.15) is 38.3 Å². The number of benzene rings is 3. The number of nitrogens with one attached hydrogen (secondary N) is 1. The summed E-state index contributed by atoms with van der Waals surface area (Å²) in [6.45, 7) is -0.587. The molecule has 1 heterocycles. The number of nitrogens with zero attached hydrogens (tertiary/aromatic N) is 1. The Morgan fingerprint density at radius 2 is 1.42 bits per heavy atom. The van der Waals surface area contributed by atoms with Gasteiger partial charge < -0.3 is 5.32 Å². The van der Waals surface area contributed by atoms with E-state index in [1.165, 1.54) is 18.3 Å². The van der Waals surface area contributed by atoms with Crippen molar-refractivity contribution in [2.75, 3.05) is 0 Å². The number of pyridine rings is 1. The fourth-order valence-electron chi connectivity index (χ4n) is 3.79. The molecule has 0 aliphatic rings. The number of carbonyl (C=O) groups is 1. The van der Waals surface area contributed by atoms with Crippen LogP contribution in [0.15, 0.2) is 72.9 Å². The third-order valence-corrected chi connectivity index (χ3v) is 5.51. The number of amides is 1. The first-order valence-corrected chi connectivity index (χ1v) is 10.6. The Hall–Kier alpha value is -3.95. The lowest BCUT2D eigenvalue weighted by Crippen LogP contribution is -2.26. The fraction of sp³-hybridized carbons (Fsp3) is 0.154. The molecule has 0 bridgehead atoms. The number of carbonyl (C=O) groups excluding carboxylic acids is 1. The molecule has 1 amide bonds. The highest BCUT2D eigenvalue weighted by Gasteiger charge is 2.36. The van der Waals surface area contributed by atoms with Crippen LogP contribution >= 0.6 is 0 Å². The Kier molecular flexibility index (Phi) is 6.71. The van der Waals surface area contributed by atoms with E-state index in [0.717, 1.165) is 5.39 Å². The number of aromatic nitrogens is 1. The summed E-state index contributed by atoms with van der Waals surface area (Å²) in [7, 11) is 0. The van der Waals surface area contributed by atoms with Crippen LogP contribution in [0.3, 0.4) is 0 Å². The molecular formula is C26H17F7N2O. The van der Waals surface area contributed by atoms with Crippen LogP contribution in [0.25, 0.3) is 10.8 Å². The normalized spacial score (nSPS) is 12.1. The predicted molar refractivity (Wildman–Crippen MR) is 119 cm³/mol. The maximum atomic E-state index is 13.3. The van der Waals surface area contributed by atoms with E-state index >= 15 is 0 Å². The number of fused-ring (bicyclic) bond motifs is 1. The summed E-state index contributed by atoms with van der Waals surface area (Å²) in [6, 6.07) is 13.8. The highest BCUT2D eigenvalue weighted by Crippen LogP contribution is 2.36. The predicted octanol–water partition coefficient (Wildman–Crippen LogP) is 6.93. The third-order valence-electron chi connectivity index (χ3n) is 5.51. The van der Waals surface area contributed by atoms with Gasteiger partial charge in [-0.25, -0.2) is 4.39 Å². The summed E-state index contributed by atoms with van der Waals surface area (Å²) in [5.41, 5.74) is -2.19. The van der Waals surface area contributed by atoms with Crippen LogP contribution in [0.4, 0.5) is 30.7 Å². The Morgan fingerprint density at radius 1 is 0.806 bits per heavy atom. The number of alkyl halides is 6. The summed E-state index contributed by atoms with van der Waals surface area (Å²) < 4.78 is 92.2. The fourth-order valence-corrected chi connectivity index (χ4v) is 3.79. The van der Waals surface area contributed by atoms with E-state index in [-0.39, 0.29) is 23.7 Å². The van der Waals surface area contributed by atoms with Gasteiger partial charge >= 0.3 is 12.4 Å². The summed E-state index contributed by atoms with van der Waals surface area (Å²) in [6.07, 6.45) is -8.35. The van der Waals surface area contributed by atoms with Gasteiger partial charge in [-0.15, -0.1) is 0 Å². The molecule has 186 valence electrons. The largest absolute Gasteiger partial charge is 0.416 e. The minimum Gasteiger partial charge on any atom is -0.347 e. The molecule has 10 heteroatoms. The van der Waals surface area contributed by atoms with Gasteiger partial charge in [-0.3, -0.25) is 9.78 Å². The highest BCUT2D eigenvalue weighted by molar-refractivity contribution is 5.99.